The van der Waals surface area contributed by atoms with Gasteiger partial charge in [0, 0.05) is 10.6 Å². The molecule has 0 atom stereocenters. The van der Waals surface area contributed by atoms with Gasteiger partial charge in [-0.1, -0.05) is 23.2 Å². The highest BCUT2D eigenvalue weighted by Gasteiger charge is 2.19. The summed E-state index contributed by atoms with van der Waals surface area (Å²) in [6, 6.07) is 5.94. The van der Waals surface area contributed by atoms with Gasteiger partial charge in [0.1, 0.15) is 11.6 Å². The first-order chi connectivity index (χ1) is 8.90. The van der Waals surface area contributed by atoms with Crippen molar-refractivity contribution in [3.63, 3.8) is 0 Å². The summed E-state index contributed by atoms with van der Waals surface area (Å²) in [7, 11) is 0. The van der Waals surface area contributed by atoms with Crippen LogP contribution in [-0.4, -0.2) is 5.78 Å². The normalized spacial score (nSPS) is 10.6. The van der Waals surface area contributed by atoms with E-state index in [1.807, 2.05) is 0 Å². The lowest BCUT2D eigenvalue weighted by Gasteiger charge is -2.06. The van der Waals surface area contributed by atoms with Crippen LogP contribution in [0, 0.1) is 11.6 Å². The van der Waals surface area contributed by atoms with Crippen LogP contribution in [0.5, 0.6) is 0 Å². The molecule has 2 rings (SSSR count). The minimum absolute atomic E-state index is 0.0230. The van der Waals surface area contributed by atoms with Gasteiger partial charge in [-0.25, -0.2) is 8.78 Å². The van der Waals surface area contributed by atoms with Crippen molar-refractivity contribution in [3.8, 4) is 0 Å². The van der Waals surface area contributed by atoms with Crippen molar-refractivity contribution in [1.82, 2.24) is 0 Å². The predicted octanol–water partition coefficient (Wildman–Crippen LogP) is 5.27. The molecular formula is C13H5BrCl2F2O. The highest BCUT2D eigenvalue weighted by molar-refractivity contribution is 9.10. The first-order valence-corrected chi connectivity index (χ1v) is 6.59. The van der Waals surface area contributed by atoms with Gasteiger partial charge in [-0.05, 0) is 46.3 Å². The molecule has 0 heterocycles. The molecule has 6 heteroatoms. The quantitative estimate of drug-likeness (QED) is 0.523. The summed E-state index contributed by atoms with van der Waals surface area (Å²) in [5.41, 5.74) is -0.375. The smallest absolute Gasteiger partial charge is 0.197 e. The summed E-state index contributed by atoms with van der Waals surface area (Å²) in [5, 5.41) is 0.405. The van der Waals surface area contributed by atoms with E-state index in [-0.39, 0.29) is 20.1 Å². The largest absolute Gasteiger partial charge is 0.288 e. The molecule has 0 unspecified atom stereocenters. The highest BCUT2D eigenvalue weighted by atomic mass is 79.9. The Kier molecular flexibility index (Phi) is 4.23. The minimum atomic E-state index is -0.839. The molecule has 2 aromatic rings. The van der Waals surface area contributed by atoms with E-state index in [9.17, 15) is 13.6 Å². The van der Waals surface area contributed by atoms with Gasteiger partial charge in [0.2, 0.25) is 0 Å². The first-order valence-electron chi connectivity index (χ1n) is 5.04. The lowest BCUT2D eigenvalue weighted by Crippen LogP contribution is -2.06. The summed E-state index contributed by atoms with van der Waals surface area (Å²) in [6.45, 7) is 0. The molecule has 2 aromatic carbocycles. The van der Waals surface area contributed by atoms with E-state index in [1.54, 1.807) is 0 Å². The van der Waals surface area contributed by atoms with Gasteiger partial charge in [0.05, 0.1) is 15.1 Å². The molecule has 0 amide bonds. The molecule has 0 aromatic heterocycles. The molecule has 0 N–H and O–H groups in total. The maximum atomic E-state index is 13.7. The Labute approximate surface area is 126 Å². The second-order valence-corrected chi connectivity index (χ2v) is 5.40. The Hall–Kier alpha value is -0.970. The lowest BCUT2D eigenvalue weighted by atomic mass is 10.0. The summed E-state index contributed by atoms with van der Waals surface area (Å²) >= 11 is 14.5. The molecular weight excluding hydrogens is 361 g/mol. The lowest BCUT2D eigenvalue weighted by molar-refractivity contribution is 0.103. The van der Waals surface area contributed by atoms with Crippen molar-refractivity contribution < 1.29 is 13.6 Å². The van der Waals surface area contributed by atoms with Crippen LogP contribution in [0.2, 0.25) is 10.0 Å². The first kappa shape index (κ1) is 14.4. The van der Waals surface area contributed by atoms with Crippen molar-refractivity contribution in [3.05, 3.63) is 67.6 Å². The van der Waals surface area contributed by atoms with Crippen molar-refractivity contribution in [2.45, 2.75) is 0 Å². The third-order valence-electron chi connectivity index (χ3n) is 2.43. The zero-order valence-electron chi connectivity index (χ0n) is 9.18. The van der Waals surface area contributed by atoms with E-state index < -0.39 is 23.0 Å². The fraction of sp³-hybridized carbons (Fsp3) is 0. The molecule has 1 nitrogen and oxygen atoms in total. The topological polar surface area (TPSA) is 17.1 Å². The number of rotatable bonds is 2. The zero-order valence-corrected chi connectivity index (χ0v) is 12.3. The number of hydrogen-bond acceptors (Lipinski definition) is 1. The maximum Gasteiger partial charge on any atom is 0.197 e. The summed E-state index contributed by atoms with van der Waals surface area (Å²) in [5.74, 6) is -2.30. The molecule has 0 spiro atoms. The Morgan fingerprint density at radius 1 is 1.00 bits per heavy atom. The monoisotopic (exact) mass is 364 g/mol. The van der Waals surface area contributed by atoms with Gasteiger partial charge in [0.15, 0.2) is 5.78 Å². The van der Waals surface area contributed by atoms with E-state index in [0.717, 1.165) is 12.1 Å². The van der Waals surface area contributed by atoms with Crippen LogP contribution in [0.3, 0.4) is 0 Å². The van der Waals surface area contributed by atoms with Crippen molar-refractivity contribution in [2.24, 2.45) is 0 Å². The zero-order chi connectivity index (χ0) is 14.2. The SMILES string of the molecule is O=C(c1cc(F)c(Br)cc1F)c1cc(Cl)ccc1Cl. The molecule has 0 bridgehead atoms. The third-order valence-corrected chi connectivity index (χ3v) is 3.60. The van der Waals surface area contributed by atoms with Crippen LogP contribution in [0.15, 0.2) is 34.8 Å². The minimum Gasteiger partial charge on any atom is -0.288 e. The van der Waals surface area contributed by atoms with E-state index in [4.69, 9.17) is 23.2 Å². The Morgan fingerprint density at radius 3 is 2.37 bits per heavy atom. The maximum absolute atomic E-state index is 13.7. The summed E-state index contributed by atoms with van der Waals surface area (Å²) < 4.78 is 27.0. The average Bonchev–Trinajstić information content (AvgIpc) is 2.36. The van der Waals surface area contributed by atoms with Gasteiger partial charge in [-0.15, -0.1) is 0 Å². The van der Waals surface area contributed by atoms with Crippen LogP contribution in [-0.2, 0) is 0 Å². The van der Waals surface area contributed by atoms with Gasteiger partial charge < -0.3 is 0 Å². The number of benzene rings is 2. The third kappa shape index (κ3) is 2.96. The molecule has 0 saturated heterocycles. The van der Waals surface area contributed by atoms with Crippen molar-refractivity contribution in [2.75, 3.05) is 0 Å². The molecule has 0 aliphatic heterocycles. The van der Waals surface area contributed by atoms with Crippen LogP contribution in [0.25, 0.3) is 0 Å². The molecule has 0 saturated carbocycles. The van der Waals surface area contributed by atoms with E-state index in [1.165, 1.54) is 18.2 Å². The Balaban J connectivity index is 2.56. The van der Waals surface area contributed by atoms with Gasteiger partial charge in [-0.3, -0.25) is 4.79 Å². The summed E-state index contributed by atoms with van der Waals surface area (Å²) in [6.07, 6.45) is 0. The molecule has 98 valence electrons. The number of ketones is 1. The Bertz CT molecular complexity index is 674. The number of halogens is 5. The standard InChI is InChI=1S/C13H5BrCl2F2O/c14-9-5-11(17)8(4-12(9)18)13(19)7-3-6(15)1-2-10(7)16/h1-5H. The predicted molar refractivity (Wildman–Crippen MR) is 74.0 cm³/mol. The number of hydrogen-bond donors (Lipinski definition) is 0. The second kappa shape index (κ2) is 5.57. The number of carbonyl (C=O) groups excluding carboxylic acids is 1. The fourth-order valence-corrected chi connectivity index (χ4v) is 2.20. The van der Waals surface area contributed by atoms with Crippen molar-refractivity contribution >= 4 is 44.9 Å². The van der Waals surface area contributed by atoms with E-state index in [2.05, 4.69) is 15.9 Å². The van der Waals surface area contributed by atoms with Gasteiger partial charge in [-0.2, -0.15) is 0 Å². The molecule has 0 radical (unpaired) electrons. The van der Waals surface area contributed by atoms with Crippen molar-refractivity contribution in [1.29, 1.82) is 0 Å². The highest BCUT2D eigenvalue weighted by Crippen LogP contribution is 2.26. The average molecular weight is 366 g/mol. The van der Waals surface area contributed by atoms with E-state index >= 15 is 0 Å². The Morgan fingerprint density at radius 2 is 1.68 bits per heavy atom. The fourth-order valence-electron chi connectivity index (χ4n) is 1.51. The van der Waals surface area contributed by atoms with Crippen LogP contribution < -0.4 is 0 Å². The summed E-state index contributed by atoms with van der Waals surface area (Å²) in [4.78, 5) is 12.1. The molecule has 0 fully saturated rings. The number of carbonyl (C=O) groups is 1. The molecule has 19 heavy (non-hydrogen) atoms. The molecule has 0 aliphatic carbocycles. The van der Waals surface area contributed by atoms with E-state index in [0.29, 0.717) is 0 Å². The van der Waals surface area contributed by atoms with Crippen LogP contribution in [0.1, 0.15) is 15.9 Å². The van der Waals surface area contributed by atoms with Crippen LogP contribution >= 0.6 is 39.1 Å². The van der Waals surface area contributed by atoms with Crippen LogP contribution in [0.4, 0.5) is 8.78 Å². The second-order valence-electron chi connectivity index (χ2n) is 3.70. The van der Waals surface area contributed by atoms with Gasteiger partial charge >= 0.3 is 0 Å². The van der Waals surface area contributed by atoms with Gasteiger partial charge in [0.25, 0.3) is 0 Å². The molecule has 0 aliphatic rings.